The van der Waals surface area contributed by atoms with Gasteiger partial charge in [-0.3, -0.25) is 19.5 Å². The van der Waals surface area contributed by atoms with E-state index in [1.807, 2.05) is 64.5 Å². The number of carbonyl (C=O) groups excluding carboxylic acids is 3. The van der Waals surface area contributed by atoms with Crippen molar-refractivity contribution in [1.82, 2.24) is 50.4 Å². The summed E-state index contributed by atoms with van der Waals surface area (Å²) < 4.78 is 41.0. The lowest BCUT2D eigenvalue weighted by Gasteiger charge is -2.37. The standard InChI is InChI=1S/C58H67ClFN11O8S/c1-30(2)48(56(74)71-18-6-7-45(71)55(73)63-31(3)33-8-12-35(13-9-33)53-32(4)62-29-80-53)46-21-47(67-79-46)78-41-25-70(26-41)58(75)77-28-39-17-16-38(68(39)5)27-76-57-65-52-43(54(66-57)69-23-36-14-15-37(24-69)64-36)22-61-51(50(52)60)42-19-40(72)20-44(59)49(42)34-10-11-34/h8-9,12-13,19-22,29-31,34,36-39,41,45,48,64,72H,6-7,10-11,14-18,23-28H2,1-5H3,(H,63,73)/t31-,36?,37?,38-,39?,45-,48-/m0/s1. The lowest BCUT2D eigenvalue weighted by atomic mass is 9.91. The number of ether oxygens (including phenoxy) is 3. The molecule has 422 valence electrons. The Bertz CT molecular complexity index is 3290. The molecule has 3 unspecified atom stereocenters. The van der Waals surface area contributed by atoms with E-state index in [9.17, 15) is 19.5 Å². The molecule has 6 aromatic rings. The smallest absolute Gasteiger partial charge is 0.410 e. The highest BCUT2D eigenvalue weighted by molar-refractivity contribution is 7.13. The van der Waals surface area contributed by atoms with Crippen LogP contribution in [0.15, 0.2) is 58.7 Å². The fourth-order valence-electron chi connectivity index (χ4n) is 12.4. The molecule has 5 saturated heterocycles. The highest BCUT2D eigenvalue weighted by Gasteiger charge is 2.42. The molecule has 0 spiro atoms. The number of anilines is 1. The van der Waals surface area contributed by atoms with Gasteiger partial charge in [0.1, 0.15) is 54.1 Å². The van der Waals surface area contributed by atoms with Crippen molar-refractivity contribution in [3.63, 3.8) is 0 Å². The number of hydrogen-bond acceptors (Lipinski definition) is 17. The summed E-state index contributed by atoms with van der Waals surface area (Å²) in [4.78, 5) is 68.5. The number of hydrogen-bond donors (Lipinski definition) is 3. The molecule has 0 radical (unpaired) electrons. The van der Waals surface area contributed by atoms with Gasteiger partial charge in [0, 0.05) is 66.7 Å². The van der Waals surface area contributed by atoms with Crippen molar-refractivity contribution in [2.24, 2.45) is 5.92 Å². The van der Waals surface area contributed by atoms with Gasteiger partial charge in [0.15, 0.2) is 11.6 Å². The molecule has 22 heteroatoms. The van der Waals surface area contributed by atoms with Crippen LogP contribution in [0.5, 0.6) is 17.6 Å². The molecular formula is C58H67ClFN11O8S. The number of fused-ring (bicyclic) bond motifs is 3. The molecule has 2 aromatic carbocycles. The number of likely N-dealkylation sites (N-methyl/N-ethyl adjacent to an activating group) is 1. The Morgan fingerprint density at radius 1 is 0.950 bits per heavy atom. The van der Waals surface area contributed by atoms with Gasteiger partial charge in [-0.05, 0) is 118 Å². The minimum atomic E-state index is -0.687. The minimum absolute atomic E-state index is 0.0520. The first-order valence-corrected chi connectivity index (χ1v) is 29.3. The third-order valence-electron chi connectivity index (χ3n) is 17.1. The maximum absolute atomic E-state index is 17.0. The number of thiazole rings is 1. The SMILES string of the molecule is Cc1ncsc1-c1ccc([C@H](C)NC(=O)[C@@H]2CCCN2C(=O)[C@H](c2cc(OC3CN(C(=O)OCC4CC[C@@H](COc5nc(N6CC7CCC(C6)N7)c6cnc(-c7cc(O)cc(Cl)c7C7CC7)c(F)c6n5)N4C)C3)no2)C(C)C)cc1. The predicted octanol–water partition coefficient (Wildman–Crippen LogP) is 8.78. The Balaban J connectivity index is 0.629. The summed E-state index contributed by atoms with van der Waals surface area (Å²) in [5.74, 6) is -0.630. The molecule has 2 bridgehead atoms. The van der Waals surface area contributed by atoms with Crippen molar-refractivity contribution in [1.29, 1.82) is 0 Å². The summed E-state index contributed by atoms with van der Waals surface area (Å²) in [6.45, 7) is 10.7. The number of rotatable bonds is 17. The molecule has 6 fully saturated rings. The number of nitrogens with zero attached hydrogens (tertiary/aromatic N) is 9. The summed E-state index contributed by atoms with van der Waals surface area (Å²) in [6, 6.07) is 12.4. The van der Waals surface area contributed by atoms with Gasteiger partial charge in [-0.1, -0.05) is 49.7 Å². The Hall–Kier alpha value is -6.68. The summed E-state index contributed by atoms with van der Waals surface area (Å²) in [7, 11) is 1.98. The summed E-state index contributed by atoms with van der Waals surface area (Å²) >= 11 is 8.23. The van der Waals surface area contributed by atoms with E-state index in [0.717, 1.165) is 65.8 Å². The number of amides is 3. The lowest BCUT2D eigenvalue weighted by Crippen LogP contribution is -2.56. The molecule has 7 atom stereocenters. The maximum Gasteiger partial charge on any atom is 0.410 e. The second-order valence-electron chi connectivity index (χ2n) is 22.9. The van der Waals surface area contributed by atoms with E-state index in [1.165, 1.54) is 12.1 Å². The summed E-state index contributed by atoms with van der Waals surface area (Å²) in [6.07, 6.45) is 7.58. The number of aryl methyl sites for hydroxylation is 1. The van der Waals surface area contributed by atoms with Crippen LogP contribution in [0.2, 0.25) is 5.02 Å². The van der Waals surface area contributed by atoms with Gasteiger partial charge in [-0.15, -0.1) is 11.3 Å². The van der Waals surface area contributed by atoms with Gasteiger partial charge in [-0.25, -0.2) is 14.2 Å². The van der Waals surface area contributed by atoms with E-state index in [0.29, 0.717) is 72.1 Å². The number of piperazine rings is 1. The van der Waals surface area contributed by atoms with Crippen LogP contribution >= 0.6 is 22.9 Å². The molecule has 6 aliphatic rings. The first-order chi connectivity index (χ1) is 38.6. The van der Waals surface area contributed by atoms with Crippen molar-refractivity contribution in [3.05, 3.63) is 87.6 Å². The van der Waals surface area contributed by atoms with Crippen molar-refractivity contribution < 1.29 is 42.6 Å². The van der Waals surface area contributed by atoms with Crippen LogP contribution < -0.4 is 25.0 Å². The molecule has 3 N–H and O–H groups in total. The van der Waals surface area contributed by atoms with Gasteiger partial charge in [0.05, 0.1) is 40.6 Å². The van der Waals surface area contributed by atoms with Crippen LogP contribution in [0, 0.1) is 18.7 Å². The zero-order valence-corrected chi connectivity index (χ0v) is 47.1. The number of aromatic hydroxyl groups is 1. The first-order valence-electron chi connectivity index (χ1n) is 28.0. The second-order valence-corrected chi connectivity index (χ2v) is 24.2. The zero-order valence-electron chi connectivity index (χ0n) is 45.6. The van der Waals surface area contributed by atoms with E-state index in [4.69, 9.17) is 35.3 Å². The topological polar surface area (TPSA) is 214 Å². The van der Waals surface area contributed by atoms with E-state index in [2.05, 4.69) is 40.5 Å². The van der Waals surface area contributed by atoms with Crippen LogP contribution in [0.25, 0.3) is 32.6 Å². The van der Waals surface area contributed by atoms with Gasteiger partial charge in [0.2, 0.25) is 11.8 Å². The fourth-order valence-corrected chi connectivity index (χ4v) is 13.6. The largest absolute Gasteiger partial charge is 0.508 e. The Kier molecular flexibility index (Phi) is 15.1. The highest BCUT2D eigenvalue weighted by Crippen LogP contribution is 2.49. The molecular weight excluding hydrogens is 1070 g/mol. The number of halogens is 2. The summed E-state index contributed by atoms with van der Waals surface area (Å²) in [5.41, 5.74) is 6.26. The monoisotopic (exact) mass is 1130 g/mol. The molecule has 19 nitrogen and oxygen atoms in total. The van der Waals surface area contributed by atoms with Crippen molar-refractivity contribution >= 4 is 57.6 Å². The van der Waals surface area contributed by atoms with Gasteiger partial charge < -0.3 is 49.2 Å². The lowest BCUT2D eigenvalue weighted by molar-refractivity contribution is -0.141. The normalized spacial score (nSPS) is 22.9. The highest BCUT2D eigenvalue weighted by atomic mass is 35.5. The van der Waals surface area contributed by atoms with Crippen LogP contribution in [0.3, 0.4) is 0 Å². The second kappa shape index (κ2) is 22.3. The third kappa shape index (κ3) is 10.8. The molecule has 1 aliphatic carbocycles. The van der Waals surface area contributed by atoms with Crippen molar-refractivity contribution in [3.8, 4) is 39.3 Å². The molecule has 80 heavy (non-hydrogen) atoms. The van der Waals surface area contributed by atoms with Crippen LogP contribution in [-0.4, -0.2) is 152 Å². The number of phenols is 1. The van der Waals surface area contributed by atoms with Gasteiger partial charge in [0.25, 0.3) is 5.88 Å². The average molecular weight is 1130 g/mol. The summed E-state index contributed by atoms with van der Waals surface area (Å²) in [5, 5.41) is 22.4. The number of nitrogens with one attached hydrogen (secondary N) is 2. The van der Waals surface area contributed by atoms with Gasteiger partial charge in [-0.2, -0.15) is 9.97 Å². The molecule has 12 rings (SSSR count). The number of pyridine rings is 1. The Labute approximate surface area is 472 Å². The first kappa shape index (κ1) is 53.9. The van der Waals surface area contributed by atoms with Crippen LogP contribution in [-0.2, 0) is 14.3 Å². The van der Waals surface area contributed by atoms with Crippen LogP contribution in [0.1, 0.15) is 113 Å². The van der Waals surface area contributed by atoms with E-state index in [1.54, 1.807) is 33.4 Å². The predicted molar refractivity (Wildman–Crippen MR) is 299 cm³/mol. The van der Waals surface area contributed by atoms with Crippen LogP contribution in [0.4, 0.5) is 15.0 Å². The Morgan fingerprint density at radius 3 is 2.41 bits per heavy atom. The number of carbonyl (C=O) groups is 3. The van der Waals surface area contributed by atoms with Crippen molar-refractivity contribution in [2.45, 2.75) is 133 Å². The number of benzene rings is 2. The molecule has 3 amide bonds. The quantitative estimate of drug-likeness (QED) is 0.0778. The fraction of sp³-hybridized carbons (Fsp3) is 0.517. The third-order valence-corrected chi connectivity index (χ3v) is 18.3. The molecule has 9 heterocycles. The van der Waals surface area contributed by atoms with Gasteiger partial charge >= 0.3 is 12.1 Å². The van der Waals surface area contributed by atoms with E-state index in [-0.39, 0.29) is 103 Å². The number of likely N-dealkylation sites (tertiary alicyclic amines) is 3. The molecule has 5 aliphatic heterocycles. The number of phenolic OH excluding ortho intramolecular Hbond substituents is 1. The van der Waals surface area contributed by atoms with E-state index < -0.39 is 23.9 Å². The zero-order chi connectivity index (χ0) is 55.5. The molecule has 1 saturated carbocycles. The van der Waals surface area contributed by atoms with E-state index >= 15 is 4.39 Å². The number of aromatic nitrogens is 5. The van der Waals surface area contributed by atoms with Crippen molar-refractivity contribution in [2.75, 3.05) is 57.9 Å². The average Bonchev–Trinajstić information content (AvgIpc) is 3.93. The molecule has 4 aromatic heterocycles. The minimum Gasteiger partial charge on any atom is -0.508 e. The Morgan fingerprint density at radius 2 is 1.70 bits per heavy atom. The maximum atomic E-state index is 17.0.